The number of rotatable bonds is 9. The van der Waals surface area contributed by atoms with Crippen molar-refractivity contribution in [1.29, 1.82) is 0 Å². The molecule has 0 aliphatic carbocycles. The van der Waals surface area contributed by atoms with E-state index in [0.29, 0.717) is 26.3 Å². The van der Waals surface area contributed by atoms with Crippen LogP contribution in [-0.2, 0) is 19.5 Å². The molecule has 0 unspecified atom stereocenters. The quantitative estimate of drug-likeness (QED) is 0.553. The molecule has 0 rings (SSSR count). The molecule has 0 heterocycles. The lowest BCUT2D eigenvalue weighted by molar-refractivity contribution is 0.150. The normalized spacial score (nSPS) is 12.3. The number of nitrogens with zero attached hydrogens (tertiary/aromatic N) is 1. The maximum atomic E-state index is 11.7. The zero-order chi connectivity index (χ0) is 11.7. The first-order valence-electron chi connectivity index (χ1n) is 4.60. The van der Waals surface area contributed by atoms with Gasteiger partial charge in [0.15, 0.2) is 0 Å². The smallest absolute Gasteiger partial charge is 0.215 e. The van der Waals surface area contributed by atoms with Gasteiger partial charge >= 0.3 is 0 Å². The lowest BCUT2D eigenvalue weighted by Gasteiger charge is -2.20. The fourth-order valence-corrected chi connectivity index (χ4v) is 2.75. The van der Waals surface area contributed by atoms with Gasteiger partial charge in [-0.25, -0.2) is 8.42 Å². The molecule has 5 nitrogen and oxygen atoms in total. The van der Waals surface area contributed by atoms with Gasteiger partial charge in [-0.1, -0.05) is 0 Å². The SMILES string of the molecule is COCCN(CCOC)S(=O)(=O)CCCl. The fraction of sp³-hybridized carbons (Fsp3) is 1.00. The van der Waals surface area contributed by atoms with E-state index in [1.807, 2.05) is 0 Å². The van der Waals surface area contributed by atoms with Gasteiger partial charge in [0.25, 0.3) is 0 Å². The Morgan fingerprint density at radius 2 is 1.60 bits per heavy atom. The van der Waals surface area contributed by atoms with E-state index < -0.39 is 10.0 Å². The lowest BCUT2D eigenvalue weighted by Crippen LogP contribution is -2.38. The Bertz CT molecular complexity index is 237. The van der Waals surface area contributed by atoms with Crippen molar-refractivity contribution in [3.63, 3.8) is 0 Å². The van der Waals surface area contributed by atoms with Crippen molar-refractivity contribution in [2.45, 2.75) is 0 Å². The van der Waals surface area contributed by atoms with Gasteiger partial charge in [0, 0.05) is 33.2 Å². The standard InChI is InChI=1S/C8H18ClNO4S/c1-13-6-4-10(5-7-14-2)15(11,12)8-3-9/h3-8H2,1-2H3. The summed E-state index contributed by atoms with van der Waals surface area (Å²) in [5.74, 6) is 0.0424. The Labute approximate surface area is 96.3 Å². The Balaban J connectivity index is 4.32. The third-order valence-corrected chi connectivity index (χ3v) is 4.10. The number of methoxy groups -OCH3 is 2. The largest absolute Gasteiger partial charge is 0.383 e. The Hall–Kier alpha value is 0.120. The molecule has 0 amide bonds. The van der Waals surface area contributed by atoms with Crippen LogP contribution in [0.4, 0.5) is 0 Å². The predicted octanol–water partition coefficient (Wildman–Crippen LogP) is 0.150. The second-order valence-electron chi connectivity index (χ2n) is 2.89. The highest BCUT2D eigenvalue weighted by Crippen LogP contribution is 2.02. The first-order valence-corrected chi connectivity index (χ1v) is 6.74. The van der Waals surface area contributed by atoms with Crippen molar-refractivity contribution < 1.29 is 17.9 Å². The number of halogens is 1. The zero-order valence-corrected chi connectivity index (χ0v) is 10.7. The Morgan fingerprint density at radius 1 is 1.13 bits per heavy atom. The van der Waals surface area contributed by atoms with E-state index in [0.717, 1.165) is 0 Å². The minimum absolute atomic E-state index is 0.0536. The van der Waals surface area contributed by atoms with Crippen molar-refractivity contribution >= 4 is 21.6 Å². The summed E-state index contributed by atoms with van der Waals surface area (Å²) >= 11 is 5.43. The summed E-state index contributed by atoms with van der Waals surface area (Å²) in [4.78, 5) is 0. The molecule has 15 heavy (non-hydrogen) atoms. The van der Waals surface area contributed by atoms with Crippen LogP contribution in [0.2, 0.25) is 0 Å². The fourth-order valence-electron chi connectivity index (χ4n) is 1.00. The van der Waals surface area contributed by atoms with Gasteiger partial charge in [-0.05, 0) is 0 Å². The molecule has 0 saturated heterocycles. The van der Waals surface area contributed by atoms with Gasteiger partial charge in [-0.2, -0.15) is 4.31 Å². The molecule has 0 aromatic heterocycles. The van der Waals surface area contributed by atoms with Crippen LogP contribution >= 0.6 is 11.6 Å². The van der Waals surface area contributed by atoms with Gasteiger partial charge in [-0.15, -0.1) is 11.6 Å². The van der Waals surface area contributed by atoms with Crippen LogP contribution in [-0.4, -0.2) is 64.9 Å². The number of hydrogen-bond donors (Lipinski definition) is 0. The molecule has 0 atom stereocenters. The topological polar surface area (TPSA) is 55.8 Å². The summed E-state index contributed by atoms with van der Waals surface area (Å²) in [6, 6.07) is 0. The van der Waals surface area contributed by atoms with E-state index in [1.165, 1.54) is 18.5 Å². The number of sulfonamides is 1. The molecule has 0 aromatic carbocycles. The first kappa shape index (κ1) is 15.1. The van der Waals surface area contributed by atoms with Crippen LogP contribution in [0.3, 0.4) is 0 Å². The van der Waals surface area contributed by atoms with E-state index in [4.69, 9.17) is 21.1 Å². The molecule has 7 heteroatoms. The summed E-state index contributed by atoms with van der Waals surface area (Å²) < 4.78 is 34.4. The van der Waals surface area contributed by atoms with Crippen molar-refractivity contribution in [3.05, 3.63) is 0 Å². The maximum absolute atomic E-state index is 11.7. The van der Waals surface area contributed by atoms with Crippen molar-refractivity contribution in [2.24, 2.45) is 0 Å². The summed E-state index contributed by atoms with van der Waals surface area (Å²) in [7, 11) is -0.215. The minimum Gasteiger partial charge on any atom is -0.383 e. The van der Waals surface area contributed by atoms with E-state index >= 15 is 0 Å². The number of alkyl halides is 1. The van der Waals surface area contributed by atoms with E-state index in [1.54, 1.807) is 0 Å². The van der Waals surface area contributed by atoms with Crippen LogP contribution in [0.15, 0.2) is 0 Å². The molecule has 0 aliphatic heterocycles. The lowest BCUT2D eigenvalue weighted by atomic mass is 10.6. The highest BCUT2D eigenvalue weighted by molar-refractivity contribution is 7.89. The summed E-state index contributed by atoms with van der Waals surface area (Å²) in [6.07, 6.45) is 0. The van der Waals surface area contributed by atoms with Crippen LogP contribution in [0.5, 0.6) is 0 Å². The molecular formula is C8H18ClNO4S. The second kappa shape index (κ2) is 8.29. The highest BCUT2D eigenvalue weighted by atomic mass is 35.5. The Morgan fingerprint density at radius 3 is 1.93 bits per heavy atom. The Kier molecular flexibility index (Phi) is 8.36. The van der Waals surface area contributed by atoms with Gasteiger partial charge in [-0.3, -0.25) is 0 Å². The zero-order valence-electron chi connectivity index (χ0n) is 9.11. The average molecular weight is 260 g/mol. The monoisotopic (exact) mass is 259 g/mol. The van der Waals surface area contributed by atoms with Gasteiger partial charge in [0.1, 0.15) is 0 Å². The van der Waals surface area contributed by atoms with Crippen molar-refractivity contribution in [1.82, 2.24) is 4.31 Å². The first-order chi connectivity index (χ1) is 7.08. The van der Waals surface area contributed by atoms with E-state index in [-0.39, 0.29) is 11.6 Å². The summed E-state index contributed by atoms with van der Waals surface area (Å²) in [5, 5.41) is 0. The highest BCUT2D eigenvalue weighted by Gasteiger charge is 2.20. The molecule has 0 fully saturated rings. The molecule has 0 aliphatic rings. The third-order valence-electron chi connectivity index (χ3n) is 1.82. The summed E-state index contributed by atoms with van der Waals surface area (Å²) in [5.41, 5.74) is 0. The molecular weight excluding hydrogens is 242 g/mol. The maximum Gasteiger partial charge on any atom is 0.215 e. The predicted molar refractivity (Wildman–Crippen MR) is 59.8 cm³/mol. The van der Waals surface area contributed by atoms with E-state index in [2.05, 4.69) is 0 Å². The molecule has 0 aromatic rings. The molecule has 0 saturated carbocycles. The van der Waals surface area contributed by atoms with Crippen LogP contribution in [0, 0.1) is 0 Å². The molecule has 0 N–H and O–H groups in total. The van der Waals surface area contributed by atoms with Gasteiger partial charge in [0.05, 0.1) is 19.0 Å². The van der Waals surface area contributed by atoms with Gasteiger partial charge in [0.2, 0.25) is 10.0 Å². The van der Waals surface area contributed by atoms with Crippen LogP contribution in [0.25, 0.3) is 0 Å². The average Bonchev–Trinajstić information content (AvgIpc) is 2.17. The minimum atomic E-state index is -3.28. The third kappa shape index (κ3) is 6.32. The van der Waals surface area contributed by atoms with Crippen LogP contribution in [0.1, 0.15) is 0 Å². The molecule has 0 spiro atoms. The number of ether oxygens (including phenoxy) is 2. The van der Waals surface area contributed by atoms with Gasteiger partial charge < -0.3 is 9.47 Å². The summed E-state index contributed by atoms with van der Waals surface area (Å²) in [6.45, 7) is 1.40. The van der Waals surface area contributed by atoms with Crippen molar-refractivity contribution in [2.75, 3.05) is 52.2 Å². The number of hydrogen-bond acceptors (Lipinski definition) is 4. The van der Waals surface area contributed by atoms with E-state index in [9.17, 15) is 8.42 Å². The second-order valence-corrected chi connectivity index (χ2v) is 5.36. The molecule has 0 radical (unpaired) electrons. The van der Waals surface area contributed by atoms with Crippen LogP contribution < -0.4 is 0 Å². The molecule has 92 valence electrons. The molecule has 0 bridgehead atoms. The van der Waals surface area contributed by atoms with Crippen molar-refractivity contribution in [3.8, 4) is 0 Å².